The van der Waals surface area contributed by atoms with Crippen LogP contribution in [0.4, 0.5) is 0 Å². The summed E-state index contributed by atoms with van der Waals surface area (Å²) < 4.78 is 7.37. The van der Waals surface area contributed by atoms with E-state index in [1.807, 2.05) is 13.1 Å². The molecule has 1 N–H and O–H groups in total. The van der Waals surface area contributed by atoms with Crippen molar-refractivity contribution in [2.24, 2.45) is 16.8 Å². The molecule has 1 amide bonds. The zero-order valence-electron chi connectivity index (χ0n) is 16.0. The van der Waals surface area contributed by atoms with E-state index in [0.717, 1.165) is 28.5 Å². The van der Waals surface area contributed by atoms with Crippen LogP contribution >= 0.6 is 0 Å². The highest BCUT2D eigenvalue weighted by Crippen LogP contribution is 2.27. The summed E-state index contributed by atoms with van der Waals surface area (Å²) in [7, 11) is 1.60. The third-order valence-electron chi connectivity index (χ3n) is 5.22. The number of fused-ring (bicyclic) bond motifs is 1. The van der Waals surface area contributed by atoms with Crippen LogP contribution in [0.15, 0.2) is 17.5 Å². The van der Waals surface area contributed by atoms with E-state index in [1.165, 1.54) is 19.2 Å². The third kappa shape index (κ3) is 3.59. The number of nitrogens with zero attached hydrogens (tertiary/aromatic N) is 4. The van der Waals surface area contributed by atoms with Crippen LogP contribution in [0, 0.1) is 18.8 Å². The predicted octanol–water partition coefficient (Wildman–Crippen LogP) is 0.833. The maximum atomic E-state index is 12.7. The Morgan fingerprint density at radius 3 is 2.93 bits per heavy atom. The zero-order valence-corrected chi connectivity index (χ0v) is 16.0. The van der Waals surface area contributed by atoms with E-state index >= 15 is 0 Å². The Labute approximate surface area is 158 Å². The molecule has 2 aliphatic rings. The van der Waals surface area contributed by atoms with Gasteiger partial charge in [-0.25, -0.2) is 9.97 Å². The van der Waals surface area contributed by atoms with Crippen molar-refractivity contribution < 1.29 is 9.53 Å². The highest BCUT2D eigenvalue weighted by molar-refractivity contribution is 5.94. The molecule has 2 aromatic heterocycles. The standard InChI is InChI=1S/C20H25N5O2/c1-12-6-17-18(21-7-12)15(19(26)22-8-14-4-5-14)9-25(17)10-16-13(2)20(27-3)24-11-23-16/h6,9,11-12,14H,4-5,7-8,10H2,1-3H3,(H,22,26). The van der Waals surface area contributed by atoms with Gasteiger partial charge >= 0.3 is 0 Å². The summed E-state index contributed by atoms with van der Waals surface area (Å²) >= 11 is 0. The van der Waals surface area contributed by atoms with Gasteiger partial charge < -0.3 is 14.6 Å². The largest absolute Gasteiger partial charge is 0.481 e. The number of hydrogen-bond donors (Lipinski definition) is 1. The van der Waals surface area contributed by atoms with Crippen LogP contribution in [-0.4, -0.2) is 40.6 Å². The first kappa shape index (κ1) is 17.7. The number of ether oxygens (including phenoxy) is 1. The molecule has 0 radical (unpaired) electrons. The Morgan fingerprint density at radius 2 is 2.19 bits per heavy atom. The summed E-state index contributed by atoms with van der Waals surface area (Å²) in [5.41, 5.74) is 2.42. The molecule has 1 saturated carbocycles. The van der Waals surface area contributed by atoms with Crippen LogP contribution in [0.5, 0.6) is 5.88 Å². The van der Waals surface area contributed by atoms with Crippen molar-refractivity contribution in [1.82, 2.24) is 19.9 Å². The lowest BCUT2D eigenvalue weighted by Gasteiger charge is -2.11. The minimum atomic E-state index is -0.0411. The molecule has 0 spiro atoms. The van der Waals surface area contributed by atoms with Gasteiger partial charge in [-0.2, -0.15) is 0 Å². The first-order chi connectivity index (χ1) is 13.1. The molecule has 0 bridgehead atoms. The van der Waals surface area contributed by atoms with E-state index in [4.69, 9.17) is 4.74 Å². The quantitative estimate of drug-likeness (QED) is 0.820. The maximum absolute atomic E-state index is 12.7. The van der Waals surface area contributed by atoms with E-state index < -0.39 is 0 Å². The molecular formula is C20H25N5O2. The van der Waals surface area contributed by atoms with Gasteiger partial charge in [-0.1, -0.05) is 13.0 Å². The van der Waals surface area contributed by atoms with Gasteiger partial charge in [0.05, 0.1) is 35.6 Å². The van der Waals surface area contributed by atoms with Crippen molar-refractivity contribution in [3.05, 3.63) is 40.1 Å². The predicted molar refractivity (Wildman–Crippen MR) is 101 cm³/mol. The van der Waals surface area contributed by atoms with Crippen molar-refractivity contribution in [3.63, 3.8) is 0 Å². The number of hydrogen-bond acceptors (Lipinski definition) is 5. The first-order valence-electron chi connectivity index (χ1n) is 9.45. The Hall–Kier alpha value is -2.70. The number of aromatic nitrogens is 3. The number of amides is 1. The van der Waals surface area contributed by atoms with Crippen LogP contribution in [0.25, 0.3) is 6.08 Å². The number of carbonyl (C=O) groups is 1. The van der Waals surface area contributed by atoms with Gasteiger partial charge in [-0.15, -0.1) is 0 Å². The van der Waals surface area contributed by atoms with Crippen molar-refractivity contribution in [2.45, 2.75) is 33.2 Å². The summed E-state index contributed by atoms with van der Waals surface area (Å²) in [4.78, 5) is 26.0. The fraction of sp³-hybridized carbons (Fsp3) is 0.500. The van der Waals surface area contributed by atoms with E-state index in [1.54, 1.807) is 7.11 Å². The molecule has 2 aromatic rings. The number of nitrogens with one attached hydrogen (secondary N) is 1. The van der Waals surface area contributed by atoms with Crippen LogP contribution in [0.3, 0.4) is 0 Å². The second-order valence-electron chi connectivity index (χ2n) is 7.50. The van der Waals surface area contributed by atoms with E-state index in [-0.39, 0.29) is 5.91 Å². The topological polar surface area (TPSA) is 81.4 Å². The molecule has 0 aromatic carbocycles. The summed E-state index contributed by atoms with van der Waals surface area (Å²) in [6.07, 6.45) is 8.03. The van der Waals surface area contributed by atoms with E-state index in [0.29, 0.717) is 36.4 Å². The summed E-state index contributed by atoms with van der Waals surface area (Å²) in [5, 5.41) is 4.84. The minimum absolute atomic E-state index is 0.0411. The molecule has 1 aliphatic heterocycles. The fourth-order valence-electron chi connectivity index (χ4n) is 3.40. The second-order valence-corrected chi connectivity index (χ2v) is 7.50. The molecule has 142 valence electrons. The average Bonchev–Trinajstić information content (AvgIpc) is 3.43. The smallest absolute Gasteiger partial charge is 0.255 e. The molecule has 7 heteroatoms. The first-order valence-corrected chi connectivity index (χ1v) is 9.45. The molecule has 0 saturated heterocycles. The van der Waals surface area contributed by atoms with Crippen molar-refractivity contribution in [3.8, 4) is 5.88 Å². The summed E-state index contributed by atoms with van der Waals surface area (Å²) in [5.74, 6) is 1.52. The van der Waals surface area contributed by atoms with Gasteiger partial charge in [0, 0.05) is 24.8 Å². The van der Waals surface area contributed by atoms with Crippen LogP contribution in [0.2, 0.25) is 0 Å². The highest BCUT2D eigenvalue weighted by Gasteiger charge is 2.23. The lowest BCUT2D eigenvalue weighted by molar-refractivity contribution is 0.0950. The Kier molecular flexibility index (Phi) is 4.68. The third-order valence-corrected chi connectivity index (χ3v) is 5.22. The molecule has 1 fully saturated rings. The Morgan fingerprint density at radius 1 is 1.37 bits per heavy atom. The van der Waals surface area contributed by atoms with Gasteiger partial charge in [-0.05, 0) is 31.6 Å². The maximum Gasteiger partial charge on any atom is 0.255 e. The molecule has 1 aliphatic carbocycles. The van der Waals surface area contributed by atoms with E-state index in [9.17, 15) is 4.79 Å². The van der Waals surface area contributed by atoms with Gasteiger partial charge in [-0.3, -0.25) is 9.79 Å². The SMILES string of the molecule is COc1ncnc(Cn2cc(C(=O)NCC3CC3)c3c2=CC(C)CN=3)c1C. The van der Waals surface area contributed by atoms with Gasteiger partial charge in [0.25, 0.3) is 5.91 Å². The van der Waals surface area contributed by atoms with Crippen LogP contribution in [0.1, 0.15) is 41.4 Å². The normalized spacial score (nSPS) is 18.3. The van der Waals surface area contributed by atoms with Crippen LogP contribution in [-0.2, 0) is 6.54 Å². The molecule has 4 rings (SSSR count). The highest BCUT2D eigenvalue weighted by atomic mass is 16.5. The lowest BCUT2D eigenvalue weighted by atomic mass is 10.1. The van der Waals surface area contributed by atoms with Gasteiger partial charge in [0.2, 0.25) is 5.88 Å². The average molecular weight is 367 g/mol. The number of methoxy groups -OCH3 is 1. The molecular weight excluding hydrogens is 342 g/mol. The molecule has 1 atom stereocenters. The number of carbonyl (C=O) groups excluding carboxylic acids is 1. The van der Waals surface area contributed by atoms with Gasteiger partial charge in [0.15, 0.2) is 0 Å². The summed E-state index contributed by atoms with van der Waals surface area (Å²) in [6.45, 7) is 6.09. The van der Waals surface area contributed by atoms with Crippen molar-refractivity contribution in [2.75, 3.05) is 20.2 Å². The van der Waals surface area contributed by atoms with Crippen molar-refractivity contribution >= 4 is 12.0 Å². The second kappa shape index (κ2) is 7.13. The Bertz CT molecular complexity index is 991. The monoisotopic (exact) mass is 367 g/mol. The van der Waals surface area contributed by atoms with Gasteiger partial charge in [0.1, 0.15) is 6.33 Å². The number of rotatable bonds is 6. The lowest BCUT2D eigenvalue weighted by Crippen LogP contribution is -2.38. The molecule has 1 unspecified atom stereocenters. The zero-order chi connectivity index (χ0) is 19.0. The molecule has 3 heterocycles. The minimum Gasteiger partial charge on any atom is -0.481 e. The van der Waals surface area contributed by atoms with Crippen molar-refractivity contribution in [1.29, 1.82) is 0 Å². The summed E-state index contributed by atoms with van der Waals surface area (Å²) in [6, 6.07) is 0. The van der Waals surface area contributed by atoms with Crippen LogP contribution < -0.4 is 20.8 Å². The van der Waals surface area contributed by atoms with E-state index in [2.05, 4.69) is 37.8 Å². The Balaban J connectivity index is 1.71. The fourth-order valence-corrected chi connectivity index (χ4v) is 3.40. The molecule has 27 heavy (non-hydrogen) atoms. The molecule has 7 nitrogen and oxygen atoms in total.